The third-order valence-electron chi connectivity index (χ3n) is 1.41. The van der Waals surface area contributed by atoms with Crippen LogP contribution >= 0.6 is 15.9 Å². The predicted molar refractivity (Wildman–Crippen MR) is 53.9 cm³/mol. The van der Waals surface area contributed by atoms with E-state index in [1.54, 1.807) is 0 Å². The van der Waals surface area contributed by atoms with Crippen molar-refractivity contribution in [3.05, 3.63) is 40.4 Å². The fraction of sp³-hybridized carbons (Fsp3) is 0.100. The molecule has 1 aromatic carbocycles. The van der Waals surface area contributed by atoms with Crippen LogP contribution in [-0.4, -0.2) is 6.29 Å². The molecular weight excluding hydrogens is 216 g/mol. The predicted octanol–water partition coefficient (Wildman–Crippen LogP) is 3.05. The van der Waals surface area contributed by atoms with Gasteiger partial charge in [-0.15, -0.1) is 0 Å². The number of allylic oxidation sites excluding steroid dienone is 1. The maximum absolute atomic E-state index is 9.99. The Kier molecular flexibility index (Phi) is 3.74. The van der Waals surface area contributed by atoms with Gasteiger partial charge in [-0.2, -0.15) is 0 Å². The van der Waals surface area contributed by atoms with Crippen molar-refractivity contribution in [3.63, 3.8) is 0 Å². The second-order valence-electron chi connectivity index (χ2n) is 2.36. The molecule has 0 aliphatic carbocycles. The number of benzene rings is 1. The van der Waals surface area contributed by atoms with E-state index >= 15 is 0 Å². The number of halogens is 1. The first-order valence-corrected chi connectivity index (χ1v) is 4.48. The number of carbonyl (C=O) groups excluding carboxylic acids is 1. The first-order chi connectivity index (χ1) is 5.83. The van der Waals surface area contributed by atoms with Gasteiger partial charge in [0, 0.05) is 10.9 Å². The van der Waals surface area contributed by atoms with Crippen molar-refractivity contribution >= 4 is 28.3 Å². The van der Waals surface area contributed by atoms with E-state index in [0.29, 0.717) is 6.42 Å². The molecule has 0 saturated carbocycles. The molecule has 0 aromatic heterocycles. The lowest BCUT2D eigenvalue weighted by molar-refractivity contribution is -0.107. The summed E-state index contributed by atoms with van der Waals surface area (Å²) in [6.45, 7) is 0. The summed E-state index contributed by atoms with van der Waals surface area (Å²) in [5.41, 5.74) is 1.11. The van der Waals surface area contributed by atoms with E-state index < -0.39 is 0 Å². The Hall–Kier alpha value is -0.890. The molecule has 1 rings (SSSR count). The lowest BCUT2D eigenvalue weighted by atomic mass is 10.2. The molecule has 12 heavy (non-hydrogen) atoms. The number of aldehydes is 1. The average molecular weight is 225 g/mol. The lowest BCUT2D eigenvalue weighted by Gasteiger charge is -1.91. The Morgan fingerprint density at radius 1 is 1.25 bits per heavy atom. The van der Waals surface area contributed by atoms with Gasteiger partial charge in [-0.3, -0.25) is 0 Å². The van der Waals surface area contributed by atoms with Gasteiger partial charge < -0.3 is 4.79 Å². The fourth-order valence-corrected chi connectivity index (χ4v) is 1.10. The van der Waals surface area contributed by atoms with Crippen LogP contribution in [0.3, 0.4) is 0 Å². The topological polar surface area (TPSA) is 17.1 Å². The third-order valence-corrected chi connectivity index (χ3v) is 1.94. The van der Waals surface area contributed by atoms with Gasteiger partial charge in [-0.25, -0.2) is 0 Å². The van der Waals surface area contributed by atoms with Crippen molar-refractivity contribution in [1.29, 1.82) is 0 Å². The van der Waals surface area contributed by atoms with E-state index in [0.717, 1.165) is 16.3 Å². The zero-order chi connectivity index (χ0) is 8.81. The summed E-state index contributed by atoms with van der Waals surface area (Å²) < 4.78 is 1.06. The normalized spacial score (nSPS) is 10.4. The second kappa shape index (κ2) is 4.88. The summed E-state index contributed by atoms with van der Waals surface area (Å²) in [7, 11) is 0. The van der Waals surface area contributed by atoms with Crippen molar-refractivity contribution in [1.82, 2.24) is 0 Å². The average Bonchev–Trinajstić information content (AvgIpc) is 2.09. The van der Waals surface area contributed by atoms with Crippen LogP contribution in [0.4, 0.5) is 0 Å². The molecule has 0 atom stereocenters. The van der Waals surface area contributed by atoms with Crippen LogP contribution < -0.4 is 0 Å². The SMILES string of the molecule is O=CC/C=C/c1ccc(Br)cc1. The van der Waals surface area contributed by atoms with Crippen LogP contribution in [0.2, 0.25) is 0 Å². The van der Waals surface area contributed by atoms with E-state index in [-0.39, 0.29) is 0 Å². The maximum atomic E-state index is 9.99. The summed E-state index contributed by atoms with van der Waals surface area (Å²) in [4.78, 5) is 9.99. The van der Waals surface area contributed by atoms with Crippen molar-refractivity contribution in [3.8, 4) is 0 Å². The number of carbonyl (C=O) groups is 1. The number of rotatable bonds is 3. The molecule has 0 unspecified atom stereocenters. The van der Waals surface area contributed by atoms with Gasteiger partial charge in [0.1, 0.15) is 6.29 Å². The van der Waals surface area contributed by atoms with Crippen LogP contribution in [0.5, 0.6) is 0 Å². The highest BCUT2D eigenvalue weighted by Gasteiger charge is 1.85. The number of hydrogen-bond donors (Lipinski definition) is 0. The monoisotopic (exact) mass is 224 g/mol. The van der Waals surface area contributed by atoms with Crippen molar-refractivity contribution in [2.24, 2.45) is 0 Å². The molecule has 0 amide bonds. The molecule has 0 bridgehead atoms. The van der Waals surface area contributed by atoms with Gasteiger partial charge in [0.25, 0.3) is 0 Å². The van der Waals surface area contributed by atoms with E-state index in [1.807, 2.05) is 36.4 Å². The molecule has 0 aliphatic rings. The summed E-state index contributed by atoms with van der Waals surface area (Å²) in [6.07, 6.45) is 5.14. The highest BCUT2D eigenvalue weighted by molar-refractivity contribution is 9.10. The first-order valence-electron chi connectivity index (χ1n) is 3.68. The molecule has 0 spiro atoms. The van der Waals surface area contributed by atoms with E-state index in [1.165, 1.54) is 0 Å². The molecular formula is C10H9BrO. The maximum Gasteiger partial charge on any atom is 0.123 e. The van der Waals surface area contributed by atoms with E-state index in [4.69, 9.17) is 0 Å². The zero-order valence-electron chi connectivity index (χ0n) is 6.53. The van der Waals surface area contributed by atoms with Crippen LogP contribution in [0.1, 0.15) is 12.0 Å². The van der Waals surface area contributed by atoms with Gasteiger partial charge in [0.2, 0.25) is 0 Å². The molecule has 1 nitrogen and oxygen atoms in total. The Bertz CT molecular complexity index is 274. The van der Waals surface area contributed by atoms with Crippen molar-refractivity contribution in [2.45, 2.75) is 6.42 Å². The molecule has 2 heteroatoms. The van der Waals surface area contributed by atoms with E-state index in [9.17, 15) is 4.79 Å². The van der Waals surface area contributed by atoms with Gasteiger partial charge >= 0.3 is 0 Å². The highest BCUT2D eigenvalue weighted by Crippen LogP contribution is 2.11. The van der Waals surface area contributed by atoms with Gasteiger partial charge in [-0.05, 0) is 17.7 Å². The quantitative estimate of drug-likeness (QED) is 0.722. The molecule has 0 saturated heterocycles. The molecule has 0 heterocycles. The summed E-state index contributed by atoms with van der Waals surface area (Å²) in [6, 6.07) is 7.93. The highest BCUT2D eigenvalue weighted by atomic mass is 79.9. The minimum atomic E-state index is 0.482. The standard InChI is InChI=1S/C10H9BrO/c11-10-6-4-9(5-7-10)3-1-2-8-12/h1,3-8H,2H2/b3-1+. The van der Waals surface area contributed by atoms with Crippen LogP contribution in [0, 0.1) is 0 Å². The van der Waals surface area contributed by atoms with Gasteiger partial charge in [0.05, 0.1) is 0 Å². The largest absolute Gasteiger partial charge is 0.303 e. The Morgan fingerprint density at radius 2 is 1.92 bits per heavy atom. The van der Waals surface area contributed by atoms with Crippen LogP contribution in [-0.2, 0) is 4.79 Å². The molecule has 0 N–H and O–H groups in total. The molecule has 62 valence electrons. The molecule has 1 aromatic rings. The van der Waals surface area contributed by atoms with Crippen molar-refractivity contribution < 1.29 is 4.79 Å². The lowest BCUT2D eigenvalue weighted by Crippen LogP contribution is -1.71. The summed E-state index contributed by atoms with van der Waals surface area (Å²) >= 11 is 3.35. The van der Waals surface area contributed by atoms with Crippen LogP contribution in [0.25, 0.3) is 6.08 Å². The van der Waals surface area contributed by atoms with Gasteiger partial charge in [0.15, 0.2) is 0 Å². The number of hydrogen-bond acceptors (Lipinski definition) is 1. The molecule has 0 radical (unpaired) electrons. The van der Waals surface area contributed by atoms with Crippen molar-refractivity contribution in [2.75, 3.05) is 0 Å². The first kappa shape index (κ1) is 9.20. The smallest absolute Gasteiger partial charge is 0.123 e. The van der Waals surface area contributed by atoms with Crippen LogP contribution in [0.15, 0.2) is 34.8 Å². The van der Waals surface area contributed by atoms with Gasteiger partial charge in [-0.1, -0.05) is 40.2 Å². The van der Waals surface area contributed by atoms with E-state index in [2.05, 4.69) is 15.9 Å². The molecule has 0 aliphatic heterocycles. The summed E-state index contributed by atoms with van der Waals surface area (Å²) in [5, 5.41) is 0. The fourth-order valence-electron chi connectivity index (χ4n) is 0.834. The molecule has 0 fully saturated rings. The Morgan fingerprint density at radius 3 is 2.50 bits per heavy atom. The Labute approximate surface area is 80.2 Å². The third kappa shape index (κ3) is 3.01. The zero-order valence-corrected chi connectivity index (χ0v) is 8.12. The minimum absolute atomic E-state index is 0.482. The summed E-state index contributed by atoms with van der Waals surface area (Å²) in [5.74, 6) is 0. The Balaban J connectivity index is 2.64. The second-order valence-corrected chi connectivity index (χ2v) is 3.27. The minimum Gasteiger partial charge on any atom is -0.303 e.